The van der Waals surface area contributed by atoms with Gasteiger partial charge in [-0.05, 0) is 55.3 Å². The van der Waals surface area contributed by atoms with Crippen LogP contribution in [0.4, 0.5) is 26.1 Å². The highest BCUT2D eigenvalue weighted by Gasteiger charge is 2.15. The summed E-state index contributed by atoms with van der Waals surface area (Å²) in [4.78, 5) is 20.4. The zero-order chi connectivity index (χ0) is 18.7. The maximum absolute atomic E-state index is 13.7. The second-order valence-electron chi connectivity index (χ2n) is 5.82. The Labute approximate surface area is 149 Å². The molecule has 3 aromatic rings. The zero-order valence-electron chi connectivity index (χ0n) is 14.2. The number of hydrogen-bond acceptors (Lipinski definition) is 4. The fourth-order valence-electron chi connectivity index (χ4n) is 2.52. The van der Waals surface area contributed by atoms with Gasteiger partial charge in [-0.1, -0.05) is 12.1 Å². The van der Waals surface area contributed by atoms with Crippen molar-refractivity contribution in [2.75, 3.05) is 10.6 Å². The summed E-state index contributed by atoms with van der Waals surface area (Å²) in [7, 11) is 0. The summed E-state index contributed by atoms with van der Waals surface area (Å²) < 4.78 is 27.3. The van der Waals surface area contributed by atoms with E-state index in [1.807, 2.05) is 32.0 Å². The van der Waals surface area contributed by atoms with Crippen molar-refractivity contribution in [2.24, 2.45) is 0 Å². The maximum atomic E-state index is 13.7. The van der Waals surface area contributed by atoms with Crippen LogP contribution >= 0.6 is 0 Å². The van der Waals surface area contributed by atoms with Crippen molar-refractivity contribution in [1.29, 1.82) is 0 Å². The SMILES string of the molecule is Cc1cc(C)cc(Nc2nccc(C(=O)Nc3c(F)cccc3F)n2)c1. The second-order valence-corrected chi connectivity index (χ2v) is 5.82. The van der Waals surface area contributed by atoms with E-state index < -0.39 is 23.2 Å². The molecule has 0 atom stereocenters. The first-order valence-corrected chi connectivity index (χ1v) is 7.86. The van der Waals surface area contributed by atoms with Gasteiger partial charge in [-0.15, -0.1) is 0 Å². The molecule has 2 N–H and O–H groups in total. The van der Waals surface area contributed by atoms with E-state index >= 15 is 0 Å². The average Bonchev–Trinajstić information content (AvgIpc) is 2.57. The first-order chi connectivity index (χ1) is 12.4. The molecule has 3 rings (SSSR count). The van der Waals surface area contributed by atoms with Crippen molar-refractivity contribution in [2.45, 2.75) is 13.8 Å². The van der Waals surface area contributed by atoms with E-state index in [1.165, 1.54) is 18.3 Å². The number of rotatable bonds is 4. The van der Waals surface area contributed by atoms with Crippen LogP contribution in [0, 0.1) is 25.5 Å². The molecule has 7 heteroatoms. The number of carbonyl (C=O) groups excluding carboxylic acids is 1. The molecule has 0 aliphatic rings. The predicted octanol–water partition coefficient (Wildman–Crippen LogP) is 4.37. The van der Waals surface area contributed by atoms with Gasteiger partial charge in [0.2, 0.25) is 5.95 Å². The standard InChI is InChI=1S/C19H16F2N4O/c1-11-8-12(2)10-13(9-11)23-19-22-7-6-16(24-19)18(26)25-17-14(20)4-3-5-15(17)21/h3-10H,1-2H3,(H,25,26)(H,22,23,24). The molecule has 1 heterocycles. The number of amides is 1. The minimum atomic E-state index is -0.860. The number of anilines is 3. The van der Waals surface area contributed by atoms with Crippen LogP contribution in [0.15, 0.2) is 48.7 Å². The van der Waals surface area contributed by atoms with Crippen molar-refractivity contribution in [3.8, 4) is 0 Å². The molecule has 0 unspecified atom stereocenters. The predicted molar refractivity (Wildman–Crippen MR) is 95.5 cm³/mol. The van der Waals surface area contributed by atoms with Gasteiger partial charge in [0.05, 0.1) is 0 Å². The molecule has 0 aliphatic heterocycles. The van der Waals surface area contributed by atoms with Crippen LogP contribution in [0.5, 0.6) is 0 Å². The number of nitrogens with one attached hydrogen (secondary N) is 2. The van der Waals surface area contributed by atoms with E-state index in [2.05, 4.69) is 20.6 Å². The topological polar surface area (TPSA) is 66.9 Å². The highest BCUT2D eigenvalue weighted by atomic mass is 19.1. The van der Waals surface area contributed by atoms with Crippen LogP contribution < -0.4 is 10.6 Å². The molecule has 0 bridgehead atoms. The van der Waals surface area contributed by atoms with Gasteiger partial charge in [-0.25, -0.2) is 18.7 Å². The van der Waals surface area contributed by atoms with Gasteiger partial charge in [0.25, 0.3) is 5.91 Å². The van der Waals surface area contributed by atoms with E-state index in [0.29, 0.717) is 0 Å². The van der Waals surface area contributed by atoms with Gasteiger partial charge < -0.3 is 10.6 Å². The van der Waals surface area contributed by atoms with Crippen LogP contribution in [-0.2, 0) is 0 Å². The van der Waals surface area contributed by atoms with Crippen molar-refractivity contribution in [3.05, 3.63) is 77.1 Å². The minimum Gasteiger partial charge on any atom is -0.324 e. The summed E-state index contributed by atoms with van der Waals surface area (Å²) in [5.41, 5.74) is 2.38. The molecule has 2 aromatic carbocycles. The fraction of sp³-hybridized carbons (Fsp3) is 0.105. The van der Waals surface area contributed by atoms with E-state index in [0.717, 1.165) is 28.9 Å². The molecular weight excluding hydrogens is 338 g/mol. The molecule has 1 amide bonds. The lowest BCUT2D eigenvalue weighted by molar-refractivity contribution is 0.102. The third kappa shape index (κ3) is 4.00. The Morgan fingerprint density at radius 2 is 1.65 bits per heavy atom. The van der Waals surface area contributed by atoms with Crippen molar-refractivity contribution in [3.63, 3.8) is 0 Å². The van der Waals surface area contributed by atoms with Crippen LogP contribution in [0.3, 0.4) is 0 Å². The van der Waals surface area contributed by atoms with Gasteiger partial charge in [-0.3, -0.25) is 4.79 Å². The summed E-state index contributed by atoms with van der Waals surface area (Å²) >= 11 is 0. The first kappa shape index (κ1) is 17.5. The Morgan fingerprint density at radius 1 is 1.00 bits per heavy atom. The third-order valence-corrected chi connectivity index (χ3v) is 3.57. The van der Waals surface area contributed by atoms with Crippen molar-refractivity contribution >= 4 is 23.2 Å². The molecule has 0 saturated heterocycles. The number of aromatic nitrogens is 2. The van der Waals surface area contributed by atoms with Crippen molar-refractivity contribution < 1.29 is 13.6 Å². The number of halogens is 2. The molecule has 26 heavy (non-hydrogen) atoms. The average molecular weight is 354 g/mol. The molecule has 0 aliphatic carbocycles. The highest BCUT2D eigenvalue weighted by Crippen LogP contribution is 2.20. The summed E-state index contributed by atoms with van der Waals surface area (Å²) in [6, 6.07) is 10.6. The monoisotopic (exact) mass is 354 g/mol. The van der Waals surface area contributed by atoms with Gasteiger partial charge >= 0.3 is 0 Å². The molecule has 0 saturated carbocycles. The number of para-hydroxylation sites is 1. The lowest BCUT2D eigenvalue weighted by atomic mass is 10.1. The van der Waals surface area contributed by atoms with Crippen LogP contribution in [0.25, 0.3) is 0 Å². The number of carbonyl (C=O) groups is 1. The van der Waals surface area contributed by atoms with E-state index in [-0.39, 0.29) is 11.6 Å². The number of aryl methyl sites for hydroxylation is 2. The largest absolute Gasteiger partial charge is 0.324 e. The van der Waals surface area contributed by atoms with Crippen LogP contribution in [0.2, 0.25) is 0 Å². The summed E-state index contributed by atoms with van der Waals surface area (Å²) in [6.45, 7) is 3.93. The summed E-state index contributed by atoms with van der Waals surface area (Å²) in [5, 5.41) is 5.21. The van der Waals surface area contributed by atoms with Gasteiger partial charge in [0, 0.05) is 11.9 Å². The van der Waals surface area contributed by atoms with E-state index in [9.17, 15) is 13.6 Å². The quantitative estimate of drug-likeness (QED) is 0.730. The van der Waals surface area contributed by atoms with Gasteiger partial charge in [0.15, 0.2) is 0 Å². The molecule has 0 fully saturated rings. The normalized spacial score (nSPS) is 10.5. The molecular formula is C19H16F2N4O. The Morgan fingerprint density at radius 3 is 2.31 bits per heavy atom. The van der Waals surface area contributed by atoms with Crippen LogP contribution in [-0.4, -0.2) is 15.9 Å². The maximum Gasteiger partial charge on any atom is 0.274 e. The van der Waals surface area contributed by atoms with E-state index in [1.54, 1.807) is 0 Å². The summed E-state index contributed by atoms with van der Waals surface area (Å²) in [6.07, 6.45) is 1.39. The summed E-state index contributed by atoms with van der Waals surface area (Å²) in [5.74, 6) is -2.25. The second kappa shape index (κ2) is 7.26. The lowest BCUT2D eigenvalue weighted by Crippen LogP contribution is -2.16. The van der Waals surface area contributed by atoms with E-state index in [4.69, 9.17) is 0 Å². The smallest absolute Gasteiger partial charge is 0.274 e. The molecule has 1 aromatic heterocycles. The fourth-order valence-corrected chi connectivity index (χ4v) is 2.52. The molecule has 0 radical (unpaired) electrons. The highest BCUT2D eigenvalue weighted by molar-refractivity contribution is 6.03. The number of benzene rings is 2. The van der Waals surface area contributed by atoms with Crippen molar-refractivity contribution in [1.82, 2.24) is 9.97 Å². The van der Waals surface area contributed by atoms with Crippen LogP contribution in [0.1, 0.15) is 21.6 Å². The Bertz CT molecular complexity index is 935. The zero-order valence-corrected chi connectivity index (χ0v) is 14.2. The van der Waals surface area contributed by atoms with Gasteiger partial charge in [0.1, 0.15) is 23.0 Å². The van der Waals surface area contributed by atoms with Gasteiger partial charge in [-0.2, -0.15) is 0 Å². The lowest BCUT2D eigenvalue weighted by Gasteiger charge is -2.09. The Hall–Kier alpha value is -3.35. The minimum absolute atomic E-state index is 0.0190. The molecule has 5 nitrogen and oxygen atoms in total. The third-order valence-electron chi connectivity index (χ3n) is 3.57. The Kier molecular flexibility index (Phi) is 4.88. The number of hydrogen-bond donors (Lipinski definition) is 2. The first-order valence-electron chi connectivity index (χ1n) is 7.86. The Balaban J connectivity index is 1.81. The molecule has 132 valence electrons. The number of nitrogens with zero attached hydrogens (tertiary/aromatic N) is 2. The molecule has 0 spiro atoms.